The first-order valence-electron chi connectivity index (χ1n) is 7.61. The van der Waals surface area contributed by atoms with Gasteiger partial charge in [-0.2, -0.15) is 0 Å². The highest BCUT2D eigenvalue weighted by Gasteiger charge is 2.23. The average molecular weight is 301 g/mol. The van der Waals surface area contributed by atoms with E-state index in [9.17, 15) is 9.59 Å². The summed E-state index contributed by atoms with van der Waals surface area (Å²) in [6.07, 6.45) is 3.17. The van der Waals surface area contributed by atoms with Gasteiger partial charge in [-0.05, 0) is 38.8 Å². The van der Waals surface area contributed by atoms with Crippen LogP contribution in [-0.4, -0.2) is 36.0 Å². The molecule has 1 aliphatic heterocycles. The van der Waals surface area contributed by atoms with Crippen molar-refractivity contribution in [1.29, 1.82) is 0 Å². The molecule has 2 rings (SSSR count). The Morgan fingerprint density at radius 3 is 2.36 bits per heavy atom. The largest absolute Gasteiger partial charge is 0.350 e. The molecule has 0 atom stereocenters. The number of anilines is 1. The molecule has 0 spiro atoms. The quantitative estimate of drug-likeness (QED) is 0.843. The molecule has 22 heavy (non-hydrogen) atoms. The van der Waals surface area contributed by atoms with Crippen molar-refractivity contribution in [2.75, 3.05) is 18.4 Å². The fraction of sp³-hybridized carbons (Fsp3) is 0.412. The summed E-state index contributed by atoms with van der Waals surface area (Å²) in [7, 11) is 0. The standard InChI is InChI=1S/C17H23N3O2/c1-13(2)12-16(21)18-15-8-10-20(11-9-15)17(22)19-14-6-4-3-5-7-14/h3-7,12,15H,8-11H2,1-2H3,(H,18,21)(H,19,22). The zero-order valence-corrected chi connectivity index (χ0v) is 13.1. The molecule has 5 nitrogen and oxygen atoms in total. The number of hydrogen-bond acceptors (Lipinski definition) is 2. The van der Waals surface area contributed by atoms with Gasteiger partial charge >= 0.3 is 6.03 Å². The second kappa shape index (κ2) is 7.64. The van der Waals surface area contributed by atoms with Gasteiger partial charge in [-0.3, -0.25) is 4.79 Å². The van der Waals surface area contributed by atoms with Gasteiger partial charge in [0.15, 0.2) is 0 Å². The fourth-order valence-corrected chi connectivity index (χ4v) is 2.46. The molecular formula is C17H23N3O2. The summed E-state index contributed by atoms with van der Waals surface area (Å²) in [5.74, 6) is -0.0489. The molecule has 0 unspecified atom stereocenters. The highest BCUT2D eigenvalue weighted by molar-refractivity contribution is 5.89. The molecule has 1 aromatic rings. The van der Waals surface area contributed by atoms with Gasteiger partial charge in [0.25, 0.3) is 0 Å². The summed E-state index contributed by atoms with van der Waals surface area (Å²) >= 11 is 0. The first-order chi connectivity index (χ1) is 10.5. The van der Waals surface area contributed by atoms with Gasteiger partial charge in [-0.15, -0.1) is 0 Å². The second-order valence-electron chi connectivity index (χ2n) is 5.79. The number of benzene rings is 1. The van der Waals surface area contributed by atoms with Crippen LogP contribution in [0.25, 0.3) is 0 Å². The third-order valence-corrected chi connectivity index (χ3v) is 3.57. The zero-order chi connectivity index (χ0) is 15.9. The van der Waals surface area contributed by atoms with E-state index in [0.29, 0.717) is 13.1 Å². The Bertz CT molecular complexity index is 542. The smallest absolute Gasteiger partial charge is 0.321 e. The van der Waals surface area contributed by atoms with Crippen LogP contribution in [0.2, 0.25) is 0 Å². The molecule has 0 aromatic heterocycles. The third kappa shape index (κ3) is 4.91. The van der Waals surface area contributed by atoms with Gasteiger partial charge in [-0.25, -0.2) is 4.79 Å². The van der Waals surface area contributed by atoms with E-state index in [1.54, 1.807) is 11.0 Å². The molecule has 1 fully saturated rings. The molecule has 3 amide bonds. The summed E-state index contributed by atoms with van der Waals surface area (Å²) < 4.78 is 0. The Morgan fingerprint density at radius 1 is 1.14 bits per heavy atom. The van der Waals surface area contributed by atoms with Crippen molar-refractivity contribution in [3.05, 3.63) is 42.0 Å². The third-order valence-electron chi connectivity index (χ3n) is 3.57. The number of carbonyl (C=O) groups is 2. The minimum Gasteiger partial charge on any atom is -0.350 e. The van der Waals surface area contributed by atoms with E-state index in [1.165, 1.54) is 0 Å². The predicted molar refractivity (Wildman–Crippen MR) is 87.6 cm³/mol. The first-order valence-corrected chi connectivity index (χ1v) is 7.61. The van der Waals surface area contributed by atoms with Gasteiger partial charge in [0.1, 0.15) is 0 Å². The van der Waals surface area contributed by atoms with E-state index in [0.717, 1.165) is 24.1 Å². The lowest BCUT2D eigenvalue weighted by molar-refractivity contribution is -0.117. The Morgan fingerprint density at radius 2 is 1.77 bits per heavy atom. The highest BCUT2D eigenvalue weighted by Crippen LogP contribution is 2.13. The lowest BCUT2D eigenvalue weighted by Crippen LogP contribution is -2.47. The SMILES string of the molecule is CC(C)=CC(=O)NC1CCN(C(=O)Nc2ccccc2)CC1. The van der Waals surface area contributed by atoms with Gasteiger partial charge in [0.2, 0.25) is 5.91 Å². The van der Waals surface area contributed by atoms with Crippen molar-refractivity contribution < 1.29 is 9.59 Å². The summed E-state index contributed by atoms with van der Waals surface area (Å²) in [4.78, 5) is 25.6. The number of nitrogens with zero attached hydrogens (tertiary/aromatic N) is 1. The molecule has 2 N–H and O–H groups in total. The summed E-state index contributed by atoms with van der Waals surface area (Å²) in [6.45, 7) is 5.10. The number of nitrogens with one attached hydrogen (secondary N) is 2. The van der Waals surface area contributed by atoms with Crippen LogP contribution in [0.5, 0.6) is 0 Å². The van der Waals surface area contributed by atoms with Crippen molar-refractivity contribution in [3.63, 3.8) is 0 Å². The molecule has 1 saturated heterocycles. The van der Waals surface area contributed by atoms with E-state index >= 15 is 0 Å². The van der Waals surface area contributed by atoms with E-state index in [2.05, 4.69) is 10.6 Å². The lowest BCUT2D eigenvalue weighted by Gasteiger charge is -2.32. The minimum absolute atomic E-state index is 0.0489. The topological polar surface area (TPSA) is 61.4 Å². The molecule has 1 aromatic carbocycles. The van der Waals surface area contributed by atoms with Gasteiger partial charge in [0, 0.05) is 30.9 Å². The van der Waals surface area contributed by atoms with E-state index in [4.69, 9.17) is 0 Å². The summed E-state index contributed by atoms with van der Waals surface area (Å²) in [6, 6.07) is 9.48. The molecule has 0 aliphatic carbocycles. The fourth-order valence-electron chi connectivity index (χ4n) is 2.46. The number of allylic oxidation sites excluding steroid dienone is 1. The van der Waals surface area contributed by atoms with Gasteiger partial charge < -0.3 is 15.5 Å². The number of hydrogen-bond donors (Lipinski definition) is 2. The van der Waals surface area contributed by atoms with Crippen LogP contribution >= 0.6 is 0 Å². The minimum atomic E-state index is -0.0831. The zero-order valence-electron chi connectivity index (χ0n) is 13.1. The summed E-state index contributed by atoms with van der Waals surface area (Å²) in [5.41, 5.74) is 1.78. The molecule has 0 saturated carbocycles. The number of likely N-dealkylation sites (tertiary alicyclic amines) is 1. The number of para-hydroxylation sites is 1. The maximum atomic E-state index is 12.2. The number of urea groups is 1. The van der Waals surface area contributed by atoms with Crippen molar-refractivity contribution >= 4 is 17.6 Å². The van der Waals surface area contributed by atoms with Crippen molar-refractivity contribution in [2.45, 2.75) is 32.7 Å². The highest BCUT2D eigenvalue weighted by atomic mass is 16.2. The number of piperidine rings is 1. The maximum Gasteiger partial charge on any atom is 0.321 e. The average Bonchev–Trinajstić information content (AvgIpc) is 2.48. The Kier molecular flexibility index (Phi) is 5.58. The van der Waals surface area contributed by atoms with Crippen LogP contribution in [0.3, 0.4) is 0 Å². The monoisotopic (exact) mass is 301 g/mol. The van der Waals surface area contributed by atoms with Crippen LogP contribution in [-0.2, 0) is 4.79 Å². The predicted octanol–water partition coefficient (Wildman–Crippen LogP) is 2.77. The molecule has 1 heterocycles. The van der Waals surface area contributed by atoms with Crippen LogP contribution in [0, 0.1) is 0 Å². The van der Waals surface area contributed by atoms with Gasteiger partial charge in [0.05, 0.1) is 0 Å². The molecular weight excluding hydrogens is 278 g/mol. The number of amides is 3. The number of rotatable bonds is 3. The Labute approximate surface area is 131 Å². The van der Waals surface area contributed by atoms with Crippen molar-refractivity contribution in [1.82, 2.24) is 10.2 Å². The van der Waals surface area contributed by atoms with Crippen molar-refractivity contribution in [2.24, 2.45) is 0 Å². The second-order valence-corrected chi connectivity index (χ2v) is 5.79. The first kappa shape index (κ1) is 16.1. The van der Waals surface area contributed by atoms with Gasteiger partial charge in [-0.1, -0.05) is 23.8 Å². The molecule has 0 radical (unpaired) electrons. The van der Waals surface area contributed by atoms with E-state index in [-0.39, 0.29) is 18.0 Å². The normalized spacial score (nSPS) is 15.1. The molecule has 0 bridgehead atoms. The molecule has 118 valence electrons. The van der Waals surface area contributed by atoms with Crippen LogP contribution in [0.1, 0.15) is 26.7 Å². The lowest BCUT2D eigenvalue weighted by atomic mass is 10.1. The summed E-state index contributed by atoms with van der Waals surface area (Å²) in [5, 5.41) is 5.87. The Hall–Kier alpha value is -2.30. The number of carbonyl (C=O) groups excluding carboxylic acids is 2. The van der Waals surface area contributed by atoms with E-state index in [1.807, 2.05) is 44.2 Å². The van der Waals surface area contributed by atoms with E-state index < -0.39 is 0 Å². The van der Waals surface area contributed by atoms with Crippen molar-refractivity contribution in [3.8, 4) is 0 Å². The maximum absolute atomic E-state index is 12.2. The molecule has 5 heteroatoms. The molecule has 1 aliphatic rings. The Balaban J connectivity index is 1.78. The van der Waals surface area contributed by atoms with Crippen LogP contribution in [0.4, 0.5) is 10.5 Å². The van der Waals surface area contributed by atoms with Crippen LogP contribution < -0.4 is 10.6 Å². The van der Waals surface area contributed by atoms with Crippen LogP contribution in [0.15, 0.2) is 42.0 Å².